The van der Waals surface area contributed by atoms with Gasteiger partial charge in [-0.25, -0.2) is 0 Å². The fraction of sp³-hybridized carbons (Fsp3) is 0.900. The summed E-state index contributed by atoms with van der Waals surface area (Å²) in [5.74, 6) is 0. The second-order valence-corrected chi connectivity index (χ2v) is 3.82. The van der Waals surface area contributed by atoms with Gasteiger partial charge in [0.05, 0.1) is 12.5 Å². The lowest BCUT2D eigenvalue weighted by atomic mass is 10.1. The van der Waals surface area contributed by atoms with Gasteiger partial charge in [-0.2, -0.15) is 5.26 Å². The molecule has 0 aromatic heterocycles. The third kappa shape index (κ3) is 2.98. The van der Waals surface area contributed by atoms with E-state index in [9.17, 15) is 0 Å². The van der Waals surface area contributed by atoms with Gasteiger partial charge in [0.25, 0.3) is 0 Å². The summed E-state index contributed by atoms with van der Waals surface area (Å²) in [6, 6.07) is 3.26. The molecule has 3 heteroatoms. The van der Waals surface area contributed by atoms with Gasteiger partial charge in [-0.05, 0) is 19.9 Å². The first-order valence-corrected chi connectivity index (χ1v) is 5.12. The molecule has 1 heterocycles. The molecule has 1 saturated heterocycles. The molecule has 0 aliphatic carbocycles. The standard InChI is InChI=1S/C10H19N3/c1-3-6-13-8-9(2)12-7-10(13)4-5-11/h9-10,12H,3-4,6-8H2,1-2H3. The van der Waals surface area contributed by atoms with Crippen molar-refractivity contribution in [1.82, 2.24) is 10.2 Å². The minimum Gasteiger partial charge on any atom is -0.311 e. The van der Waals surface area contributed by atoms with E-state index in [-0.39, 0.29) is 0 Å². The van der Waals surface area contributed by atoms with Gasteiger partial charge >= 0.3 is 0 Å². The summed E-state index contributed by atoms with van der Waals surface area (Å²) in [6.45, 7) is 7.56. The van der Waals surface area contributed by atoms with Gasteiger partial charge in [-0.1, -0.05) is 6.92 Å². The monoisotopic (exact) mass is 181 g/mol. The fourth-order valence-electron chi connectivity index (χ4n) is 1.90. The van der Waals surface area contributed by atoms with Gasteiger partial charge in [0, 0.05) is 25.2 Å². The topological polar surface area (TPSA) is 39.1 Å². The highest BCUT2D eigenvalue weighted by Crippen LogP contribution is 2.10. The van der Waals surface area contributed by atoms with Crippen LogP contribution in [0.3, 0.4) is 0 Å². The van der Waals surface area contributed by atoms with Gasteiger partial charge in [0.15, 0.2) is 0 Å². The van der Waals surface area contributed by atoms with E-state index in [1.165, 1.54) is 6.42 Å². The van der Waals surface area contributed by atoms with Gasteiger partial charge in [-0.3, -0.25) is 4.90 Å². The van der Waals surface area contributed by atoms with Crippen molar-refractivity contribution >= 4 is 0 Å². The molecule has 2 unspecified atom stereocenters. The van der Waals surface area contributed by atoms with Crippen LogP contribution in [0.1, 0.15) is 26.7 Å². The molecule has 0 aromatic rings. The van der Waals surface area contributed by atoms with Crippen molar-refractivity contribution in [3.05, 3.63) is 0 Å². The van der Waals surface area contributed by atoms with Crippen LogP contribution < -0.4 is 5.32 Å². The predicted octanol–water partition coefficient (Wildman–Crippen LogP) is 0.972. The molecule has 2 atom stereocenters. The molecule has 0 saturated carbocycles. The Hall–Kier alpha value is -0.590. The van der Waals surface area contributed by atoms with Crippen LogP contribution in [0.25, 0.3) is 0 Å². The van der Waals surface area contributed by atoms with Crippen molar-refractivity contribution in [3.63, 3.8) is 0 Å². The zero-order valence-corrected chi connectivity index (χ0v) is 8.58. The molecule has 1 fully saturated rings. The third-order valence-electron chi connectivity index (χ3n) is 2.56. The van der Waals surface area contributed by atoms with E-state index in [4.69, 9.17) is 5.26 Å². The first-order chi connectivity index (χ1) is 6.27. The maximum absolute atomic E-state index is 8.67. The maximum Gasteiger partial charge on any atom is 0.0638 e. The Bertz CT molecular complexity index is 185. The van der Waals surface area contributed by atoms with Crippen LogP contribution in [-0.4, -0.2) is 36.6 Å². The van der Waals surface area contributed by atoms with Crippen LogP contribution in [0.5, 0.6) is 0 Å². The molecular formula is C10H19N3. The van der Waals surface area contributed by atoms with Crippen molar-refractivity contribution in [1.29, 1.82) is 5.26 Å². The summed E-state index contributed by atoms with van der Waals surface area (Å²) in [4.78, 5) is 2.43. The minimum atomic E-state index is 0.432. The van der Waals surface area contributed by atoms with Crippen LogP contribution >= 0.6 is 0 Å². The smallest absolute Gasteiger partial charge is 0.0638 e. The predicted molar refractivity (Wildman–Crippen MR) is 53.3 cm³/mol. The molecule has 1 aliphatic rings. The number of hydrogen-bond acceptors (Lipinski definition) is 3. The third-order valence-corrected chi connectivity index (χ3v) is 2.56. The Balaban J connectivity index is 2.45. The quantitative estimate of drug-likeness (QED) is 0.705. The number of piperazine rings is 1. The van der Waals surface area contributed by atoms with E-state index in [1.807, 2.05) is 0 Å². The second kappa shape index (κ2) is 5.21. The first-order valence-electron chi connectivity index (χ1n) is 5.12. The molecule has 74 valence electrons. The zero-order valence-electron chi connectivity index (χ0n) is 8.58. The Morgan fingerprint density at radius 1 is 1.62 bits per heavy atom. The molecule has 0 amide bonds. The molecule has 0 aromatic carbocycles. The average Bonchev–Trinajstić information content (AvgIpc) is 2.10. The highest BCUT2D eigenvalue weighted by atomic mass is 15.2. The zero-order chi connectivity index (χ0) is 9.68. The number of nitrogens with one attached hydrogen (secondary N) is 1. The van der Waals surface area contributed by atoms with Crippen molar-refractivity contribution in [3.8, 4) is 6.07 Å². The van der Waals surface area contributed by atoms with E-state index in [1.54, 1.807) is 0 Å². The second-order valence-electron chi connectivity index (χ2n) is 3.82. The van der Waals surface area contributed by atoms with Crippen LogP contribution in [0.15, 0.2) is 0 Å². The molecule has 0 spiro atoms. The van der Waals surface area contributed by atoms with E-state index in [2.05, 4.69) is 30.1 Å². The molecular weight excluding hydrogens is 162 g/mol. The van der Waals surface area contributed by atoms with Gasteiger partial charge in [0.2, 0.25) is 0 Å². The molecule has 0 bridgehead atoms. The van der Waals surface area contributed by atoms with Crippen molar-refractivity contribution in [2.75, 3.05) is 19.6 Å². The number of rotatable bonds is 3. The van der Waals surface area contributed by atoms with E-state index >= 15 is 0 Å². The average molecular weight is 181 g/mol. The highest BCUT2D eigenvalue weighted by molar-refractivity contribution is 4.89. The Morgan fingerprint density at radius 3 is 3.00 bits per heavy atom. The summed E-state index contributed by atoms with van der Waals surface area (Å²) in [7, 11) is 0. The van der Waals surface area contributed by atoms with Crippen molar-refractivity contribution in [2.24, 2.45) is 0 Å². The summed E-state index contributed by atoms with van der Waals surface area (Å²) in [6.07, 6.45) is 1.83. The summed E-state index contributed by atoms with van der Waals surface area (Å²) >= 11 is 0. The SMILES string of the molecule is CCCN1CC(C)NCC1CC#N. The first kappa shape index (κ1) is 10.5. The van der Waals surface area contributed by atoms with Crippen molar-refractivity contribution in [2.45, 2.75) is 38.8 Å². The summed E-state index contributed by atoms with van der Waals surface area (Å²) in [5, 5.41) is 12.1. The lowest BCUT2D eigenvalue weighted by Gasteiger charge is -2.38. The fourth-order valence-corrected chi connectivity index (χ4v) is 1.90. The number of nitriles is 1. The minimum absolute atomic E-state index is 0.432. The Morgan fingerprint density at radius 2 is 2.38 bits per heavy atom. The lowest BCUT2D eigenvalue weighted by molar-refractivity contribution is 0.138. The maximum atomic E-state index is 8.67. The number of nitrogens with zero attached hydrogens (tertiary/aromatic N) is 2. The highest BCUT2D eigenvalue weighted by Gasteiger charge is 2.24. The molecule has 1 rings (SSSR count). The van der Waals surface area contributed by atoms with Crippen LogP contribution in [-0.2, 0) is 0 Å². The normalized spacial score (nSPS) is 29.9. The van der Waals surface area contributed by atoms with E-state index in [0.29, 0.717) is 18.5 Å². The molecule has 1 aliphatic heterocycles. The Kier molecular flexibility index (Phi) is 4.20. The van der Waals surface area contributed by atoms with Crippen molar-refractivity contribution < 1.29 is 0 Å². The Labute approximate surface area is 80.7 Å². The molecule has 0 radical (unpaired) electrons. The van der Waals surface area contributed by atoms with Gasteiger partial charge in [-0.15, -0.1) is 0 Å². The van der Waals surface area contributed by atoms with Crippen LogP contribution in [0.2, 0.25) is 0 Å². The largest absolute Gasteiger partial charge is 0.311 e. The number of hydrogen-bond donors (Lipinski definition) is 1. The molecule has 1 N–H and O–H groups in total. The summed E-state index contributed by atoms with van der Waals surface area (Å²) < 4.78 is 0. The lowest BCUT2D eigenvalue weighted by Crippen LogP contribution is -2.55. The molecule has 3 nitrogen and oxygen atoms in total. The van der Waals surface area contributed by atoms with Gasteiger partial charge < -0.3 is 5.32 Å². The summed E-state index contributed by atoms with van der Waals surface area (Å²) in [5.41, 5.74) is 0. The van der Waals surface area contributed by atoms with Gasteiger partial charge in [0.1, 0.15) is 0 Å². The van der Waals surface area contributed by atoms with E-state index < -0.39 is 0 Å². The van der Waals surface area contributed by atoms with Crippen LogP contribution in [0, 0.1) is 11.3 Å². The van der Waals surface area contributed by atoms with E-state index in [0.717, 1.165) is 19.6 Å². The van der Waals surface area contributed by atoms with Crippen LogP contribution in [0.4, 0.5) is 0 Å². The molecule has 13 heavy (non-hydrogen) atoms.